The summed E-state index contributed by atoms with van der Waals surface area (Å²) in [7, 11) is 4.22. The lowest BCUT2D eigenvalue weighted by molar-refractivity contribution is 0.401. The number of benzene rings is 2. The first-order valence-electron chi connectivity index (χ1n) is 6.15. The van der Waals surface area contributed by atoms with Gasteiger partial charge in [-0.2, -0.15) is 0 Å². The molecule has 0 saturated carbocycles. The first-order valence-corrected chi connectivity index (χ1v) is 7.13. The van der Waals surface area contributed by atoms with Crippen molar-refractivity contribution in [3.8, 4) is 0 Å². The Morgan fingerprint density at radius 1 is 0.833 bits per heavy atom. The second kappa shape index (κ2) is 6.62. The van der Waals surface area contributed by atoms with Crippen molar-refractivity contribution in [3.05, 3.63) is 65.7 Å². The highest BCUT2D eigenvalue weighted by atomic mass is 32.2. The van der Waals surface area contributed by atoms with Gasteiger partial charge in [0.15, 0.2) is 0 Å². The van der Waals surface area contributed by atoms with Gasteiger partial charge in [-0.05, 0) is 37.4 Å². The highest BCUT2D eigenvalue weighted by Crippen LogP contribution is 2.24. The van der Waals surface area contributed by atoms with E-state index in [2.05, 4.69) is 73.6 Å². The zero-order chi connectivity index (χ0) is 12.8. The fourth-order valence-corrected chi connectivity index (χ4v) is 2.82. The van der Waals surface area contributed by atoms with E-state index in [-0.39, 0.29) is 0 Å². The van der Waals surface area contributed by atoms with E-state index in [1.807, 2.05) is 11.8 Å². The van der Waals surface area contributed by atoms with E-state index in [1.165, 1.54) is 16.0 Å². The predicted molar refractivity (Wildman–Crippen MR) is 79.8 cm³/mol. The van der Waals surface area contributed by atoms with Crippen LogP contribution in [0.1, 0.15) is 11.1 Å². The van der Waals surface area contributed by atoms with Crippen LogP contribution in [0, 0.1) is 0 Å². The Kier molecular flexibility index (Phi) is 4.85. The van der Waals surface area contributed by atoms with Gasteiger partial charge in [0, 0.05) is 17.2 Å². The minimum Gasteiger partial charge on any atom is -0.305 e. The van der Waals surface area contributed by atoms with Crippen LogP contribution < -0.4 is 0 Å². The Balaban J connectivity index is 2.05. The van der Waals surface area contributed by atoms with Crippen molar-refractivity contribution >= 4 is 11.8 Å². The topological polar surface area (TPSA) is 3.24 Å². The number of nitrogens with zero attached hydrogens (tertiary/aromatic N) is 1. The summed E-state index contributed by atoms with van der Waals surface area (Å²) >= 11 is 1.90. The standard InChI is InChI=1S/C16H19NS/c1-17(2)12-14-8-6-7-9-15(14)13-18-16-10-4-3-5-11-16/h3-11H,12-13H2,1-2H3. The lowest BCUT2D eigenvalue weighted by atomic mass is 10.1. The first-order chi connectivity index (χ1) is 8.75. The van der Waals surface area contributed by atoms with Crippen molar-refractivity contribution in [1.82, 2.24) is 4.90 Å². The van der Waals surface area contributed by atoms with Crippen molar-refractivity contribution in [1.29, 1.82) is 0 Å². The summed E-state index contributed by atoms with van der Waals surface area (Å²) in [5.41, 5.74) is 2.85. The molecule has 0 aromatic heterocycles. The van der Waals surface area contributed by atoms with E-state index in [9.17, 15) is 0 Å². The number of hydrogen-bond acceptors (Lipinski definition) is 2. The highest BCUT2D eigenvalue weighted by molar-refractivity contribution is 7.98. The molecule has 18 heavy (non-hydrogen) atoms. The minimum absolute atomic E-state index is 1.01. The van der Waals surface area contributed by atoms with E-state index in [1.54, 1.807) is 0 Å². The quantitative estimate of drug-likeness (QED) is 0.744. The average molecular weight is 257 g/mol. The van der Waals surface area contributed by atoms with Crippen LogP contribution in [0.5, 0.6) is 0 Å². The van der Waals surface area contributed by atoms with Crippen molar-refractivity contribution in [2.75, 3.05) is 14.1 Å². The molecule has 0 aliphatic carbocycles. The Hall–Kier alpha value is -1.25. The zero-order valence-corrected chi connectivity index (χ0v) is 11.8. The number of thioether (sulfide) groups is 1. The molecule has 0 saturated heterocycles. The molecule has 0 aliphatic rings. The third-order valence-corrected chi connectivity index (χ3v) is 3.80. The molecule has 0 unspecified atom stereocenters. The van der Waals surface area contributed by atoms with Crippen LogP contribution in [0.15, 0.2) is 59.5 Å². The van der Waals surface area contributed by atoms with E-state index in [0.717, 1.165) is 12.3 Å². The molecule has 0 spiro atoms. The summed E-state index contributed by atoms with van der Waals surface area (Å²) in [6, 6.07) is 19.3. The Morgan fingerprint density at radius 2 is 1.44 bits per heavy atom. The molecule has 94 valence electrons. The van der Waals surface area contributed by atoms with Crippen LogP contribution in [0.25, 0.3) is 0 Å². The highest BCUT2D eigenvalue weighted by Gasteiger charge is 2.03. The maximum absolute atomic E-state index is 2.23. The number of rotatable bonds is 5. The molecular weight excluding hydrogens is 238 g/mol. The van der Waals surface area contributed by atoms with E-state index < -0.39 is 0 Å². The largest absolute Gasteiger partial charge is 0.305 e. The molecule has 0 bridgehead atoms. The molecule has 0 radical (unpaired) electrons. The summed E-state index contributed by atoms with van der Waals surface area (Å²) in [5.74, 6) is 1.04. The molecule has 0 N–H and O–H groups in total. The summed E-state index contributed by atoms with van der Waals surface area (Å²) in [5, 5.41) is 0. The van der Waals surface area contributed by atoms with Gasteiger partial charge in [0.2, 0.25) is 0 Å². The van der Waals surface area contributed by atoms with Gasteiger partial charge in [-0.15, -0.1) is 11.8 Å². The average Bonchev–Trinajstić information content (AvgIpc) is 2.38. The summed E-state index contributed by atoms with van der Waals surface area (Å²) in [6.45, 7) is 1.01. The maximum atomic E-state index is 2.23. The normalized spacial score (nSPS) is 10.8. The van der Waals surface area contributed by atoms with Crippen LogP contribution in [0.2, 0.25) is 0 Å². The molecule has 0 heterocycles. The molecular formula is C16H19NS. The van der Waals surface area contributed by atoms with E-state index in [0.29, 0.717) is 0 Å². The third kappa shape index (κ3) is 3.90. The Labute approximate surface area is 114 Å². The molecule has 2 rings (SSSR count). The van der Waals surface area contributed by atoms with Crippen LogP contribution in [0.3, 0.4) is 0 Å². The Morgan fingerprint density at radius 3 is 2.11 bits per heavy atom. The summed E-state index contributed by atoms with van der Waals surface area (Å²) in [4.78, 5) is 3.55. The Bertz CT molecular complexity index is 479. The monoisotopic (exact) mass is 257 g/mol. The lowest BCUT2D eigenvalue weighted by Gasteiger charge is -2.13. The second-order valence-corrected chi connectivity index (χ2v) is 5.66. The van der Waals surface area contributed by atoms with Crippen LogP contribution in [0.4, 0.5) is 0 Å². The predicted octanol–water partition coefficient (Wildman–Crippen LogP) is 4.04. The molecule has 2 heteroatoms. The van der Waals surface area contributed by atoms with Crippen molar-refractivity contribution < 1.29 is 0 Å². The smallest absolute Gasteiger partial charge is 0.0235 e. The van der Waals surface area contributed by atoms with Crippen LogP contribution in [-0.4, -0.2) is 19.0 Å². The molecule has 1 nitrogen and oxygen atoms in total. The third-order valence-electron chi connectivity index (χ3n) is 2.74. The van der Waals surface area contributed by atoms with Gasteiger partial charge in [0.05, 0.1) is 0 Å². The lowest BCUT2D eigenvalue weighted by Crippen LogP contribution is -2.12. The van der Waals surface area contributed by atoms with Gasteiger partial charge in [-0.1, -0.05) is 42.5 Å². The molecule has 0 aliphatic heterocycles. The second-order valence-electron chi connectivity index (χ2n) is 4.61. The molecule has 0 amide bonds. The number of hydrogen-bond donors (Lipinski definition) is 0. The summed E-state index contributed by atoms with van der Waals surface area (Å²) in [6.07, 6.45) is 0. The SMILES string of the molecule is CN(C)Cc1ccccc1CSc1ccccc1. The van der Waals surface area contributed by atoms with E-state index in [4.69, 9.17) is 0 Å². The zero-order valence-electron chi connectivity index (χ0n) is 11.0. The molecule has 2 aromatic carbocycles. The fraction of sp³-hybridized carbons (Fsp3) is 0.250. The van der Waals surface area contributed by atoms with Gasteiger partial charge in [0.25, 0.3) is 0 Å². The van der Waals surface area contributed by atoms with Gasteiger partial charge in [-0.25, -0.2) is 0 Å². The maximum Gasteiger partial charge on any atom is 0.0235 e. The van der Waals surface area contributed by atoms with Crippen molar-refractivity contribution in [2.45, 2.75) is 17.2 Å². The summed E-state index contributed by atoms with van der Waals surface area (Å²) < 4.78 is 0. The molecule has 0 atom stereocenters. The fourth-order valence-electron chi connectivity index (χ4n) is 1.87. The van der Waals surface area contributed by atoms with Crippen molar-refractivity contribution in [3.63, 3.8) is 0 Å². The van der Waals surface area contributed by atoms with Crippen LogP contribution >= 0.6 is 11.8 Å². The van der Waals surface area contributed by atoms with Gasteiger partial charge in [0.1, 0.15) is 0 Å². The van der Waals surface area contributed by atoms with Gasteiger partial charge >= 0.3 is 0 Å². The van der Waals surface area contributed by atoms with E-state index >= 15 is 0 Å². The van der Waals surface area contributed by atoms with Crippen molar-refractivity contribution in [2.24, 2.45) is 0 Å². The first kappa shape index (κ1) is 13.2. The molecule has 0 fully saturated rings. The van der Waals surface area contributed by atoms with Gasteiger partial charge < -0.3 is 4.90 Å². The minimum atomic E-state index is 1.01. The molecule has 2 aromatic rings. The van der Waals surface area contributed by atoms with Gasteiger partial charge in [-0.3, -0.25) is 0 Å². The van der Waals surface area contributed by atoms with Crippen LogP contribution in [-0.2, 0) is 12.3 Å².